The number of hydrogen-bond acceptors (Lipinski definition) is 9. The van der Waals surface area contributed by atoms with Crippen molar-refractivity contribution in [3.05, 3.63) is 175 Å². The summed E-state index contributed by atoms with van der Waals surface area (Å²) in [6.45, 7) is 8.40. The largest absolute Gasteiger partial charge is 0.573 e. The number of fused-ring (bicyclic) bond motifs is 2. The number of alkyl halides is 6. The van der Waals surface area contributed by atoms with Crippen LogP contribution in [0.1, 0.15) is 66.8 Å². The highest BCUT2D eigenvalue weighted by atomic mass is 19.4. The summed E-state index contributed by atoms with van der Waals surface area (Å²) in [5, 5.41) is 72.3. The van der Waals surface area contributed by atoms with Gasteiger partial charge in [0, 0.05) is 39.0 Å². The third-order valence-electron chi connectivity index (χ3n) is 9.85. The number of benzene rings is 5. The highest BCUT2D eigenvalue weighted by Crippen LogP contribution is 2.65. The maximum atomic E-state index is 15.1. The molecule has 5 aromatic carbocycles. The Morgan fingerprint density at radius 3 is 1.20 bits per heavy atom. The summed E-state index contributed by atoms with van der Waals surface area (Å²) >= 11 is 0. The third-order valence-corrected chi connectivity index (χ3v) is 9.85. The van der Waals surface area contributed by atoms with E-state index in [-0.39, 0.29) is 44.5 Å². The molecule has 0 atom stereocenters. The van der Waals surface area contributed by atoms with E-state index in [1.54, 1.807) is 12.1 Å². The van der Waals surface area contributed by atoms with Crippen molar-refractivity contribution in [3.8, 4) is 54.0 Å². The number of halogens is 6. The van der Waals surface area contributed by atoms with E-state index in [1.165, 1.54) is 60.7 Å². The van der Waals surface area contributed by atoms with Crippen LogP contribution in [-0.2, 0) is 0 Å². The Bertz CT molecular complexity index is 3090. The smallest absolute Gasteiger partial charge is 0.404 e. The number of nitriles is 7. The molecule has 2 aliphatic rings. The van der Waals surface area contributed by atoms with Crippen molar-refractivity contribution < 1.29 is 35.8 Å². The highest BCUT2D eigenvalue weighted by Gasteiger charge is 2.49. The van der Waals surface area contributed by atoms with Crippen molar-refractivity contribution in [2.75, 3.05) is 0 Å². The summed E-state index contributed by atoms with van der Waals surface area (Å²) in [6.07, 6.45) is -11.4. The lowest BCUT2D eigenvalue weighted by Gasteiger charge is -2.24. The van der Waals surface area contributed by atoms with Crippen LogP contribution in [-0.4, -0.2) is 12.7 Å². The molecule has 16 heteroatoms. The first kappa shape index (κ1) is 42.3. The lowest BCUT2D eigenvalue weighted by Crippen LogP contribution is -2.22. The first-order valence-corrected chi connectivity index (χ1v) is 18.0. The zero-order chi connectivity index (χ0) is 46.1. The molecule has 5 aromatic rings. The van der Waals surface area contributed by atoms with Crippen molar-refractivity contribution in [2.45, 2.75) is 12.7 Å². The Labute approximate surface area is 358 Å². The lowest BCUT2D eigenvalue weighted by molar-refractivity contribution is -0.277. The van der Waals surface area contributed by atoms with E-state index in [0.717, 1.165) is 36.4 Å². The minimum atomic E-state index is -5.71. The van der Waals surface area contributed by atoms with Crippen molar-refractivity contribution in [1.82, 2.24) is 0 Å². The molecule has 2 aliphatic carbocycles. The molecule has 0 spiro atoms. The second kappa shape index (κ2) is 16.3. The Hall–Kier alpha value is -9.84. The molecule has 10 nitrogen and oxygen atoms in total. The number of nitrogens with zero attached hydrogens (tertiary/aromatic N) is 8. The van der Waals surface area contributed by atoms with Crippen molar-refractivity contribution in [2.24, 2.45) is 0 Å². The fourth-order valence-electron chi connectivity index (χ4n) is 7.67. The summed E-state index contributed by atoms with van der Waals surface area (Å²) in [6, 6.07) is 33.6. The fraction of sp³-hybridized carbons (Fsp3) is 0.0417. The monoisotopic (exact) mass is 850 g/mol. The van der Waals surface area contributed by atoms with Crippen molar-refractivity contribution in [1.29, 1.82) is 36.8 Å². The topological polar surface area (TPSA) is 189 Å². The van der Waals surface area contributed by atoms with E-state index in [0.29, 0.717) is 0 Å². The molecule has 64 heavy (non-hydrogen) atoms. The molecule has 7 rings (SSSR count). The van der Waals surface area contributed by atoms with E-state index >= 15 is 26.3 Å². The first-order valence-electron chi connectivity index (χ1n) is 18.0. The average Bonchev–Trinajstić information content (AvgIpc) is 3.81. The molecule has 0 amide bonds. The molecule has 0 saturated heterocycles. The van der Waals surface area contributed by atoms with Gasteiger partial charge in [-0.05, 0) is 64.2 Å². The Morgan fingerprint density at radius 2 is 0.859 bits per heavy atom. The van der Waals surface area contributed by atoms with Gasteiger partial charge in [-0.15, -0.1) is 26.3 Å². The highest BCUT2D eigenvalue weighted by molar-refractivity contribution is 6.36. The molecule has 0 aromatic heterocycles. The summed E-state index contributed by atoms with van der Waals surface area (Å²) in [5.74, 6) is -2.75. The van der Waals surface area contributed by atoms with Gasteiger partial charge < -0.3 is 9.47 Å². The van der Waals surface area contributed by atoms with Gasteiger partial charge in [0.15, 0.2) is 0 Å². The Balaban J connectivity index is 1.86. The molecular weight excluding hydrogens is 835 g/mol. The van der Waals surface area contributed by atoms with E-state index < -0.39 is 91.2 Å². The maximum Gasteiger partial charge on any atom is 0.573 e. The van der Waals surface area contributed by atoms with E-state index in [2.05, 4.69) is 4.85 Å². The Kier molecular flexibility index (Phi) is 10.8. The molecule has 0 radical (unpaired) electrons. The second-order valence-corrected chi connectivity index (χ2v) is 13.5. The van der Waals surface area contributed by atoms with Crippen LogP contribution in [0.5, 0.6) is 11.5 Å². The standard InChI is InChI=1S/C48H16F6N8O2/c1-62-44(32-16-27(20-57)13-28(17-32)21-58)41-37(30-10-6-3-7-11-30)35(24-61)40-43(41)46(64-48(52,53)54)39-34(23-60)36(29-8-4-2-5-9-29)38(42(39)45(40)63-47(49,50)51)33(22-59)31-14-25(18-55)12-26(15-31)19-56/h2-17H/b38-33+,44-41-. The number of ether oxygens (including phenoxy) is 2. The molecule has 302 valence electrons. The first-order chi connectivity index (χ1) is 30.6. The molecular formula is C48H16F6N8O2. The quantitative estimate of drug-likeness (QED) is 0.0909. The SMILES string of the molecule is [C-]#[N+]/C(=C1/C(c2ccccc2)=C(C#N)c2c(OC(F)(F)F)c3c(c(OC(F)(F)F)c21)C(C#N)=C(c1ccccc1)/C3=C(/C#N)c1cc(C#N)cc(C#N)c1)c1cc(C#N)cc(C#N)c1. The predicted octanol–water partition coefficient (Wildman–Crippen LogP) is 11.1. The van der Waals surface area contributed by atoms with Crippen LogP contribution in [0, 0.1) is 85.9 Å². The molecule has 0 N–H and O–H groups in total. The van der Waals surface area contributed by atoms with Gasteiger partial charge in [0.25, 0.3) is 0 Å². The van der Waals surface area contributed by atoms with Gasteiger partial charge in [-0.3, -0.25) is 0 Å². The Morgan fingerprint density at radius 1 is 0.484 bits per heavy atom. The van der Waals surface area contributed by atoms with Gasteiger partial charge in [-0.2, -0.15) is 36.8 Å². The maximum absolute atomic E-state index is 15.1. The molecule has 0 fully saturated rings. The van der Waals surface area contributed by atoms with Crippen LogP contribution in [0.25, 0.3) is 49.6 Å². The van der Waals surface area contributed by atoms with Crippen molar-refractivity contribution in [3.63, 3.8) is 0 Å². The van der Waals surface area contributed by atoms with Crippen molar-refractivity contribution >= 4 is 44.7 Å². The number of hydrogen-bond donors (Lipinski definition) is 0. The summed E-state index contributed by atoms with van der Waals surface area (Å²) in [4.78, 5) is 3.59. The summed E-state index contributed by atoms with van der Waals surface area (Å²) < 4.78 is 100. The van der Waals surface area contributed by atoms with Gasteiger partial charge >= 0.3 is 12.7 Å². The van der Waals surface area contributed by atoms with Gasteiger partial charge in [0.1, 0.15) is 29.7 Å². The average molecular weight is 851 g/mol. The minimum absolute atomic E-state index is 0.00808. The zero-order valence-electron chi connectivity index (χ0n) is 31.9. The van der Waals surface area contributed by atoms with E-state index in [4.69, 9.17) is 16.0 Å². The normalized spacial score (nSPS) is 14.2. The van der Waals surface area contributed by atoms with Crippen LogP contribution in [0.3, 0.4) is 0 Å². The predicted molar refractivity (Wildman–Crippen MR) is 215 cm³/mol. The van der Waals surface area contributed by atoms with E-state index in [1.807, 2.05) is 30.3 Å². The summed E-state index contributed by atoms with van der Waals surface area (Å²) in [7, 11) is 0. The van der Waals surface area contributed by atoms with Crippen LogP contribution >= 0.6 is 0 Å². The second-order valence-electron chi connectivity index (χ2n) is 13.5. The molecule has 0 unspecified atom stereocenters. The van der Waals surface area contributed by atoms with E-state index in [9.17, 15) is 36.8 Å². The zero-order valence-corrected chi connectivity index (χ0v) is 31.9. The van der Waals surface area contributed by atoms with Crippen LogP contribution in [0.2, 0.25) is 0 Å². The molecule has 0 heterocycles. The van der Waals surface area contributed by atoms with Gasteiger partial charge in [0.2, 0.25) is 5.70 Å². The fourth-order valence-corrected chi connectivity index (χ4v) is 7.67. The summed E-state index contributed by atoms with van der Waals surface area (Å²) in [5.41, 5.74) is -10.1. The van der Waals surface area contributed by atoms with Gasteiger partial charge in [-0.25, -0.2) is 4.85 Å². The lowest BCUT2D eigenvalue weighted by atomic mass is 9.86. The van der Waals surface area contributed by atoms with Crippen LogP contribution in [0.15, 0.2) is 97.1 Å². The molecule has 0 aliphatic heterocycles. The minimum Gasteiger partial charge on any atom is -0.404 e. The number of rotatable bonds is 6. The third kappa shape index (κ3) is 7.36. The van der Waals surface area contributed by atoms with Gasteiger partial charge in [0.05, 0.1) is 69.8 Å². The van der Waals surface area contributed by atoms with Crippen LogP contribution in [0.4, 0.5) is 26.3 Å². The van der Waals surface area contributed by atoms with Gasteiger partial charge in [-0.1, -0.05) is 60.7 Å². The number of allylic oxidation sites excluding steroid dienone is 7. The molecule has 0 bridgehead atoms. The van der Waals surface area contributed by atoms with Crippen LogP contribution < -0.4 is 9.47 Å². The molecule has 0 saturated carbocycles.